The highest BCUT2D eigenvalue weighted by molar-refractivity contribution is 6.13. The molecule has 1 amide bonds. The maximum atomic E-state index is 14.6. The summed E-state index contributed by atoms with van der Waals surface area (Å²) in [6, 6.07) is 12.4. The van der Waals surface area contributed by atoms with Crippen LogP contribution in [0.5, 0.6) is 0 Å². The second kappa shape index (κ2) is 5.98. The van der Waals surface area contributed by atoms with E-state index in [1.807, 2.05) is 30.3 Å². The minimum Gasteiger partial charge on any atom is -0.326 e. The first-order valence-corrected chi connectivity index (χ1v) is 8.61. The highest BCUT2D eigenvalue weighted by Crippen LogP contribution is 2.37. The summed E-state index contributed by atoms with van der Waals surface area (Å²) in [4.78, 5) is 38.4. The van der Waals surface area contributed by atoms with Gasteiger partial charge in [0.1, 0.15) is 17.1 Å². The Hall–Kier alpha value is -3.55. The fourth-order valence-electron chi connectivity index (χ4n) is 3.76. The van der Waals surface area contributed by atoms with Crippen LogP contribution in [0.2, 0.25) is 0 Å². The summed E-state index contributed by atoms with van der Waals surface area (Å²) >= 11 is 0. The number of aromatic nitrogens is 1. The third-order valence-corrected chi connectivity index (χ3v) is 5.41. The van der Waals surface area contributed by atoms with Crippen LogP contribution in [0.25, 0.3) is 10.9 Å². The highest BCUT2D eigenvalue weighted by atomic mass is 19.1. The average molecular weight is 381 g/mol. The Kier molecular flexibility index (Phi) is 3.81. The summed E-state index contributed by atoms with van der Waals surface area (Å²) < 4.78 is 15.6. The van der Waals surface area contributed by atoms with Crippen molar-refractivity contribution in [2.24, 2.45) is 0 Å². The van der Waals surface area contributed by atoms with Crippen LogP contribution in [-0.2, 0) is 6.42 Å². The van der Waals surface area contributed by atoms with Crippen LogP contribution in [-0.4, -0.2) is 38.8 Å². The van der Waals surface area contributed by atoms with Crippen molar-refractivity contribution in [2.75, 3.05) is 7.05 Å². The first-order chi connectivity index (χ1) is 13.3. The topological polar surface area (TPSA) is 85.4 Å². The van der Waals surface area contributed by atoms with E-state index in [1.165, 1.54) is 18.0 Å². The van der Waals surface area contributed by atoms with Gasteiger partial charge in [0, 0.05) is 19.5 Å². The third-order valence-electron chi connectivity index (χ3n) is 5.41. The van der Waals surface area contributed by atoms with E-state index in [0.29, 0.717) is 0 Å². The molecule has 28 heavy (non-hydrogen) atoms. The van der Waals surface area contributed by atoms with Crippen LogP contribution in [0, 0.1) is 15.9 Å². The molecule has 0 aliphatic carbocycles. The van der Waals surface area contributed by atoms with Crippen molar-refractivity contribution in [3.63, 3.8) is 0 Å². The van der Waals surface area contributed by atoms with Gasteiger partial charge in [-0.2, -0.15) is 0 Å². The zero-order valence-corrected chi connectivity index (χ0v) is 15.2. The van der Waals surface area contributed by atoms with E-state index in [-0.39, 0.29) is 28.7 Å². The number of carbonyl (C=O) groups excluding carboxylic acids is 2. The van der Waals surface area contributed by atoms with Crippen molar-refractivity contribution >= 4 is 28.4 Å². The maximum Gasteiger partial charge on any atom is 0.279 e. The van der Waals surface area contributed by atoms with Gasteiger partial charge in [-0.25, -0.2) is 4.39 Å². The molecule has 7 nitrogen and oxygen atoms in total. The Bertz CT molecular complexity index is 1160. The van der Waals surface area contributed by atoms with E-state index < -0.39 is 28.1 Å². The van der Waals surface area contributed by atoms with Gasteiger partial charge in [0.15, 0.2) is 0 Å². The van der Waals surface area contributed by atoms with E-state index in [1.54, 1.807) is 6.92 Å². The summed E-state index contributed by atoms with van der Waals surface area (Å²) in [6.45, 7) is 1.62. The van der Waals surface area contributed by atoms with Gasteiger partial charge in [-0.3, -0.25) is 24.3 Å². The molecule has 0 N–H and O–H groups in total. The van der Waals surface area contributed by atoms with Gasteiger partial charge in [0.2, 0.25) is 0 Å². The van der Waals surface area contributed by atoms with Gasteiger partial charge < -0.3 is 4.90 Å². The number of hydrogen-bond donors (Lipinski definition) is 0. The number of amides is 1. The van der Waals surface area contributed by atoms with E-state index >= 15 is 0 Å². The number of nitrogens with zero attached hydrogens (tertiary/aromatic N) is 3. The largest absolute Gasteiger partial charge is 0.326 e. The molecule has 0 bridgehead atoms. The lowest BCUT2D eigenvalue weighted by Gasteiger charge is -2.41. The van der Waals surface area contributed by atoms with Crippen molar-refractivity contribution in [3.05, 3.63) is 75.7 Å². The quantitative estimate of drug-likeness (QED) is 0.514. The molecule has 2 aromatic carbocycles. The smallest absolute Gasteiger partial charge is 0.279 e. The Labute approximate surface area is 159 Å². The van der Waals surface area contributed by atoms with Crippen LogP contribution < -0.4 is 0 Å². The van der Waals surface area contributed by atoms with Crippen molar-refractivity contribution < 1.29 is 18.9 Å². The molecule has 3 aromatic rings. The predicted octanol–water partition coefficient (Wildman–Crippen LogP) is 3.42. The standard InChI is InChI=1S/C20H16FN3O4/c1-20(11-12-6-4-3-5-7-12)19(26)23-16(18(25)22(20)2)10-13-15(24(27)28)9-8-14(21)17(13)23/h3-10H,11H2,1-2H3. The molecule has 1 aliphatic heterocycles. The fourth-order valence-corrected chi connectivity index (χ4v) is 3.76. The van der Waals surface area contributed by atoms with Crippen LogP contribution in [0.1, 0.15) is 27.8 Å². The highest BCUT2D eigenvalue weighted by Gasteiger charge is 2.48. The number of nitro benzene ring substituents is 1. The first kappa shape index (κ1) is 17.8. The van der Waals surface area contributed by atoms with Crippen molar-refractivity contribution in [1.29, 1.82) is 0 Å². The van der Waals surface area contributed by atoms with Crippen LogP contribution in [0.3, 0.4) is 0 Å². The summed E-state index contributed by atoms with van der Waals surface area (Å²) in [6.07, 6.45) is 0.227. The number of fused-ring (bicyclic) bond motifs is 3. The van der Waals surface area contributed by atoms with Gasteiger partial charge in [-0.05, 0) is 24.6 Å². The number of halogens is 1. The first-order valence-electron chi connectivity index (χ1n) is 8.61. The SMILES string of the molecule is CN1C(=O)c2cc3c([N+](=O)[O-])ccc(F)c3n2C(=O)C1(C)Cc1ccccc1. The number of benzene rings is 2. The molecule has 1 atom stereocenters. The van der Waals surface area contributed by atoms with E-state index in [0.717, 1.165) is 22.3 Å². The van der Waals surface area contributed by atoms with Crippen LogP contribution in [0.4, 0.5) is 10.1 Å². The van der Waals surface area contributed by atoms with Gasteiger partial charge >= 0.3 is 0 Å². The molecule has 8 heteroatoms. The number of nitro groups is 1. The predicted molar refractivity (Wildman–Crippen MR) is 99.8 cm³/mol. The summed E-state index contributed by atoms with van der Waals surface area (Å²) in [7, 11) is 1.51. The fraction of sp³-hybridized carbons (Fsp3) is 0.200. The average Bonchev–Trinajstić information content (AvgIpc) is 3.07. The third kappa shape index (κ3) is 2.34. The van der Waals surface area contributed by atoms with Crippen LogP contribution in [0.15, 0.2) is 48.5 Å². The number of likely N-dealkylation sites (N-methyl/N-ethyl adjacent to an activating group) is 1. The van der Waals surface area contributed by atoms with E-state index in [9.17, 15) is 24.1 Å². The van der Waals surface area contributed by atoms with Gasteiger partial charge in [-0.15, -0.1) is 0 Å². The Morgan fingerprint density at radius 2 is 1.82 bits per heavy atom. The summed E-state index contributed by atoms with van der Waals surface area (Å²) in [5.41, 5.74) is -1.11. The molecule has 0 fully saturated rings. The van der Waals surface area contributed by atoms with E-state index in [4.69, 9.17) is 0 Å². The van der Waals surface area contributed by atoms with Crippen molar-refractivity contribution in [1.82, 2.24) is 9.47 Å². The number of non-ortho nitro benzene ring substituents is 1. The van der Waals surface area contributed by atoms with E-state index in [2.05, 4.69) is 0 Å². The van der Waals surface area contributed by atoms with Gasteiger partial charge in [0.05, 0.1) is 15.8 Å². The Morgan fingerprint density at radius 1 is 1.14 bits per heavy atom. The van der Waals surface area contributed by atoms with Gasteiger partial charge in [-0.1, -0.05) is 30.3 Å². The van der Waals surface area contributed by atoms with Crippen molar-refractivity contribution in [2.45, 2.75) is 18.9 Å². The minimum atomic E-state index is -1.27. The zero-order valence-electron chi connectivity index (χ0n) is 15.2. The lowest BCUT2D eigenvalue weighted by molar-refractivity contribution is -0.383. The number of hydrogen-bond acceptors (Lipinski definition) is 4. The normalized spacial score (nSPS) is 19.2. The summed E-state index contributed by atoms with van der Waals surface area (Å²) in [5, 5.41) is 11.3. The number of rotatable bonds is 3. The van der Waals surface area contributed by atoms with Crippen molar-refractivity contribution in [3.8, 4) is 0 Å². The minimum absolute atomic E-state index is 0.0703. The molecule has 0 radical (unpaired) electrons. The molecular weight excluding hydrogens is 365 g/mol. The molecule has 142 valence electrons. The maximum absolute atomic E-state index is 14.6. The lowest BCUT2D eigenvalue weighted by Crippen LogP contribution is -2.60. The molecule has 1 aliphatic rings. The second-order valence-electron chi connectivity index (χ2n) is 7.06. The van der Waals surface area contributed by atoms with Gasteiger partial charge in [0.25, 0.3) is 17.5 Å². The molecule has 0 spiro atoms. The molecule has 4 rings (SSSR count). The second-order valence-corrected chi connectivity index (χ2v) is 7.06. The monoisotopic (exact) mass is 381 g/mol. The molecule has 0 saturated carbocycles. The summed E-state index contributed by atoms with van der Waals surface area (Å²) in [5.74, 6) is -1.80. The zero-order chi connectivity index (χ0) is 20.2. The molecular formula is C20H16FN3O4. The lowest BCUT2D eigenvalue weighted by atomic mass is 9.88. The molecule has 2 heterocycles. The number of carbonyl (C=O) groups is 2. The Morgan fingerprint density at radius 3 is 2.46 bits per heavy atom. The molecule has 1 unspecified atom stereocenters. The molecule has 1 aromatic heterocycles. The Balaban J connectivity index is 1.97. The van der Waals surface area contributed by atoms with Crippen LogP contribution >= 0.6 is 0 Å². The molecule has 0 saturated heterocycles.